The number of amides is 1. The minimum absolute atomic E-state index is 0.143. The van der Waals surface area contributed by atoms with Gasteiger partial charge in [-0.1, -0.05) is 23.4 Å². The van der Waals surface area contributed by atoms with Gasteiger partial charge >= 0.3 is 0 Å². The van der Waals surface area contributed by atoms with E-state index in [1.165, 1.54) is 12.1 Å². The highest BCUT2D eigenvalue weighted by Crippen LogP contribution is 2.17. The van der Waals surface area contributed by atoms with Crippen LogP contribution < -0.4 is 5.32 Å². The number of aromatic nitrogens is 3. The van der Waals surface area contributed by atoms with Crippen molar-refractivity contribution in [3.8, 4) is 11.4 Å². The van der Waals surface area contributed by atoms with Crippen LogP contribution in [0.5, 0.6) is 5.75 Å². The molecule has 1 amide bonds. The molecule has 1 heterocycles. The first-order chi connectivity index (χ1) is 11.5. The molecule has 0 aliphatic carbocycles. The third-order valence-electron chi connectivity index (χ3n) is 3.52. The maximum absolute atomic E-state index is 13.7. The molecule has 0 bridgehead atoms. The van der Waals surface area contributed by atoms with Crippen molar-refractivity contribution in [2.24, 2.45) is 0 Å². The molecule has 2 aromatic carbocycles. The van der Waals surface area contributed by atoms with E-state index in [0.29, 0.717) is 5.69 Å². The number of nitrogens with zero attached hydrogens (tertiary/aromatic N) is 3. The molecule has 0 unspecified atom stereocenters. The van der Waals surface area contributed by atoms with Crippen molar-refractivity contribution in [2.45, 2.75) is 13.0 Å². The van der Waals surface area contributed by atoms with Crippen molar-refractivity contribution in [1.82, 2.24) is 20.3 Å². The molecule has 0 saturated heterocycles. The fraction of sp³-hybridized carbons (Fsp3) is 0.118. The van der Waals surface area contributed by atoms with Gasteiger partial charge in [-0.25, -0.2) is 9.07 Å². The summed E-state index contributed by atoms with van der Waals surface area (Å²) >= 11 is 0. The van der Waals surface area contributed by atoms with Crippen LogP contribution in [0.3, 0.4) is 0 Å². The van der Waals surface area contributed by atoms with E-state index in [2.05, 4.69) is 15.6 Å². The molecular formula is C17H15FN4O2. The zero-order valence-electron chi connectivity index (χ0n) is 12.8. The van der Waals surface area contributed by atoms with E-state index < -0.39 is 17.8 Å². The maximum atomic E-state index is 13.7. The summed E-state index contributed by atoms with van der Waals surface area (Å²) in [5, 5.41) is 19.9. The molecule has 1 atom stereocenters. The van der Waals surface area contributed by atoms with Gasteiger partial charge in [0.1, 0.15) is 17.3 Å². The van der Waals surface area contributed by atoms with Crippen LogP contribution in [0, 0.1) is 5.82 Å². The summed E-state index contributed by atoms with van der Waals surface area (Å²) in [6.45, 7) is 1.73. The van der Waals surface area contributed by atoms with Crippen molar-refractivity contribution in [1.29, 1.82) is 0 Å². The zero-order valence-corrected chi connectivity index (χ0v) is 12.8. The summed E-state index contributed by atoms with van der Waals surface area (Å²) in [6.07, 6.45) is 1.70. The van der Waals surface area contributed by atoms with E-state index >= 15 is 0 Å². The molecule has 0 aliphatic rings. The predicted molar refractivity (Wildman–Crippen MR) is 85.3 cm³/mol. The van der Waals surface area contributed by atoms with Gasteiger partial charge in [-0.2, -0.15) is 0 Å². The topological polar surface area (TPSA) is 80.0 Å². The Kier molecular flexibility index (Phi) is 4.24. The second-order valence-electron chi connectivity index (χ2n) is 5.28. The second-order valence-corrected chi connectivity index (χ2v) is 5.28. The Hall–Kier alpha value is -3.22. The Labute approximate surface area is 137 Å². The minimum Gasteiger partial charge on any atom is -0.508 e. The third kappa shape index (κ3) is 3.24. The van der Waals surface area contributed by atoms with Gasteiger partial charge in [0, 0.05) is 6.07 Å². The Bertz CT molecular complexity index is 864. The van der Waals surface area contributed by atoms with E-state index in [-0.39, 0.29) is 11.3 Å². The van der Waals surface area contributed by atoms with E-state index in [1.54, 1.807) is 17.8 Å². The fourth-order valence-corrected chi connectivity index (χ4v) is 2.22. The van der Waals surface area contributed by atoms with Crippen LogP contribution in [-0.4, -0.2) is 26.0 Å². The molecule has 3 aromatic rings. The number of phenolic OH excluding ortho intramolecular Hbond substituents is 1. The van der Waals surface area contributed by atoms with Crippen LogP contribution in [0.2, 0.25) is 0 Å². The summed E-state index contributed by atoms with van der Waals surface area (Å²) in [6, 6.07) is 12.4. The first-order valence-electron chi connectivity index (χ1n) is 7.31. The number of hydrogen-bond acceptors (Lipinski definition) is 4. The molecule has 24 heavy (non-hydrogen) atoms. The summed E-state index contributed by atoms with van der Waals surface area (Å²) in [5.74, 6) is -1.61. The zero-order chi connectivity index (χ0) is 17.1. The molecule has 6 nitrogen and oxygen atoms in total. The van der Waals surface area contributed by atoms with Crippen LogP contribution in [0.25, 0.3) is 5.69 Å². The number of nitrogens with one attached hydrogen (secondary N) is 1. The lowest BCUT2D eigenvalue weighted by molar-refractivity contribution is 0.0935. The van der Waals surface area contributed by atoms with Crippen LogP contribution >= 0.6 is 0 Å². The third-order valence-corrected chi connectivity index (χ3v) is 3.52. The molecule has 0 fully saturated rings. The molecule has 2 N–H and O–H groups in total. The van der Waals surface area contributed by atoms with Crippen molar-refractivity contribution in [3.05, 3.63) is 71.8 Å². The number of carbonyl (C=O) groups excluding carboxylic acids is 1. The van der Waals surface area contributed by atoms with Crippen LogP contribution in [0.15, 0.2) is 54.7 Å². The molecular weight excluding hydrogens is 311 g/mol. The highest BCUT2D eigenvalue weighted by Gasteiger charge is 2.17. The normalized spacial score (nSPS) is 11.9. The maximum Gasteiger partial charge on any atom is 0.254 e. The summed E-state index contributed by atoms with van der Waals surface area (Å²) in [5.41, 5.74) is 1.25. The lowest BCUT2D eigenvalue weighted by Crippen LogP contribution is -2.27. The van der Waals surface area contributed by atoms with Gasteiger partial charge in [0.2, 0.25) is 0 Å². The number of halogens is 1. The number of para-hydroxylation sites is 1. The lowest BCUT2D eigenvalue weighted by atomic mass is 10.1. The van der Waals surface area contributed by atoms with Crippen molar-refractivity contribution < 1.29 is 14.3 Å². The van der Waals surface area contributed by atoms with E-state index in [1.807, 2.05) is 30.3 Å². The Morgan fingerprint density at radius 2 is 2.00 bits per heavy atom. The first-order valence-corrected chi connectivity index (χ1v) is 7.31. The van der Waals surface area contributed by atoms with Gasteiger partial charge in [0.15, 0.2) is 0 Å². The number of hydrogen-bond donors (Lipinski definition) is 2. The molecule has 7 heteroatoms. The van der Waals surface area contributed by atoms with Crippen LogP contribution in [0.1, 0.15) is 29.0 Å². The standard InChI is InChI=1S/C17H15FN4O2/c1-11(19-17(24)14-8-7-13(23)9-15(14)18)16-10-22(21-20-16)12-5-3-2-4-6-12/h2-11,23H,1H3,(H,19,24)/t11-/m1/s1. The average Bonchev–Trinajstić information content (AvgIpc) is 3.05. The van der Waals surface area contributed by atoms with Crippen molar-refractivity contribution >= 4 is 5.91 Å². The number of benzene rings is 2. The molecule has 0 aliphatic heterocycles. The SMILES string of the molecule is C[C@@H](NC(=O)c1ccc(O)cc1F)c1cn(-c2ccccc2)nn1. The summed E-state index contributed by atoms with van der Waals surface area (Å²) in [7, 11) is 0. The minimum atomic E-state index is -0.785. The summed E-state index contributed by atoms with van der Waals surface area (Å²) in [4.78, 5) is 12.1. The predicted octanol–water partition coefficient (Wildman–Crippen LogP) is 2.60. The fourth-order valence-electron chi connectivity index (χ4n) is 2.22. The van der Waals surface area contributed by atoms with Crippen LogP contribution in [0.4, 0.5) is 4.39 Å². The molecule has 3 rings (SSSR count). The monoisotopic (exact) mass is 326 g/mol. The van der Waals surface area contributed by atoms with E-state index in [4.69, 9.17) is 0 Å². The second kappa shape index (κ2) is 6.49. The number of rotatable bonds is 4. The Balaban J connectivity index is 1.74. The summed E-state index contributed by atoms with van der Waals surface area (Å²) < 4.78 is 15.3. The lowest BCUT2D eigenvalue weighted by Gasteiger charge is -2.11. The van der Waals surface area contributed by atoms with Gasteiger partial charge in [0.05, 0.1) is 23.5 Å². The van der Waals surface area contributed by atoms with Crippen molar-refractivity contribution in [3.63, 3.8) is 0 Å². The van der Waals surface area contributed by atoms with Gasteiger partial charge in [-0.15, -0.1) is 5.10 Å². The average molecular weight is 326 g/mol. The van der Waals surface area contributed by atoms with Gasteiger partial charge in [-0.05, 0) is 31.2 Å². The molecule has 122 valence electrons. The van der Waals surface area contributed by atoms with Crippen LogP contribution in [-0.2, 0) is 0 Å². The number of carbonyl (C=O) groups is 1. The molecule has 0 saturated carbocycles. The quantitative estimate of drug-likeness (QED) is 0.772. The van der Waals surface area contributed by atoms with E-state index in [9.17, 15) is 14.3 Å². The number of phenols is 1. The first kappa shape index (κ1) is 15.7. The highest BCUT2D eigenvalue weighted by atomic mass is 19.1. The smallest absolute Gasteiger partial charge is 0.254 e. The molecule has 1 aromatic heterocycles. The molecule has 0 radical (unpaired) electrons. The van der Waals surface area contributed by atoms with Crippen molar-refractivity contribution in [2.75, 3.05) is 0 Å². The largest absolute Gasteiger partial charge is 0.508 e. The Morgan fingerprint density at radius 1 is 1.25 bits per heavy atom. The molecule has 0 spiro atoms. The van der Waals surface area contributed by atoms with E-state index in [0.717, 1.165) is 11.8 Å². The van der Waals surface area contributed by atoms with Gasteiger partial charge in [0.25, 0.3) is 5.91 Å². The number of aromatic hydroxyl groups is 1. The highest BCUT2D eigenvalue weighted by molar-refractivity contribution is 5.94. The van der Waals surface area contributed by atoms with Gasteiger partial charge < -0.3 is 10.4 Å². The Morgan fingerprint density at radius 3 is 2.71 bits per heavy atom. The van der Waals surface area contributed by atoms with Gasteiger partial charge in [-0.3, -0.25) is 4.79 Å².